The number of carbonyl (C=O) groups excluding carboxylic acids is 2. The lowest BCUT2D eigenvalue weighted by Gasteiger charge is -2.31. The van der Waals surface area contributed by atoms with E-state index in [2.05, 4.69) is 40.2 Å². The number of quaternary nitrogens is 1. The number of ether oxygens (including phenoxy) is 2. The Morgan fingerprint density at radius 1 is 1.05 bits per heavy atom. The summed E-state index contributed by atoms with van der Waals surface area (Å²) >= 11 is 0. The predicted molar refractivity (Wildman–Crippen MR) is 165 cm³/mol. The third-order valence-corrected chi connectivity index (χ3v) is 8.41. The number of aliphatic carboxylic acids is 1. The Morgan fingerprint density at radius 2 is 1.79 bits per heavy atom. The van der Waals surface area contributed by atoms with Crippen LogP contribution < -0.4 is 14.4 Å². The lowest BCUT2D eigenvalue weighted by molar-refractivity contribution is -0.884. The molecule has 0 spiro atoms. The number of carboxylic acids is 1. The largest absolute Gasteiger partial charge is 0.481 e. The number of hydrogen-bond acceptors (Lipinski definition) is 6. The number of fused-ring (bicyclic) bond motifs is 1. The van der Waals surface area contributed by atoms with E-state index >= 15 is 0 Å². The van der Waals surface area contributed by atoms with Crippen molar-refractivity contribution in [1.29, 1.82) is 0 Å². The maximum atomic E-state index is 14.1. The Kier molecular flexibility index (Phi) is 10.3. The minimum absolute atomic E-state index is 0.0590. The SMILES string of the molecule is CCCCN(C(=O)CN1C[C@H](c2ccc3c(c2)OCO3)[C@@H](C(=O)O)[C@@H]1CCN(C)C(C)=O)c1cccc(C[N+](C)(C)C)c1. The lowest BCUT2D eigenvalue weighted by Crippen LogP contribution is -2.45. The quantitative estimate of drug-likeness (QED) is 0.352. The van der Waals surface area contributed by atoms with Gasteiger partial charge in [-0.1, -0.05) is 31.5 Å². The Morgan fingerprint density at radius 3 is 2.47 bits per heavy atom. The summed E-state index contributed by atoms with van der Waals surface area (Å²) in [5.74, 6) is -0.933. The topological polar surface area (TPSA) is 99.6 Å². The van der Waals surface area contributed by atoms with Gasteiger partial charge in [0.1, 0.15) is 6.54 Å². The molecule has 2 amide bonds. The van der Waals surface area contributed by atoms with Crippen LogP contribution in [0.1, 0.15) is 50.2 Å². The summed E-state index contributed by atoms with van der Waals surface area (Å²) in [6, 6.07) is 13.3. The molecular weight excluding hydrogens is 548 g/mol. The molecule has 4 rings (SSSR count). The number of amides is 2. The van der Waals surface area contributed by atoms with Gasteiger partial charge in [0, 0.05) is 56.8 Å². The van der Waals surface area contributed by atoms with Crippen molar-refractivity contribution in [3.63, 3.8) is 0 Å². The second-order valence-corrected chi connectivity index (χ2v) is 12.8. The fraction of sp³-hybridized carbons (Fsp3) is 0.545. The predicted octanol–water partition coefficient (Wildman–Crippen LogP) is 3.79. The van der Waals surface area contributed by atoms with Gasteiger partial charge in [0.2, 0.25) is 18.6 Å². The first-order chi connectivity index (χ1) is 20.4. The number of hydrogen-bond donors (Lipinski definition) is 1. The molecule has 0 radical (unpaired) electrons. The number of carboxylic acid groups (broad SMARTS) is 1. The number of unbranched alkanes of at least 4 members (excludes halogenated alkanes) is 1. The van der Waals surface area contributed by atoms with E-state index in [-0.39, 0.29) is 31.1 Å². The molecule has 2 aromatic carbocycles. The highest BCUT2D eigenvalue weighted by molar-refractivity contribution is 5.95. The average molecular weight is 596 g/mol. The molecule has 0 unspecified atom stereocenters. The standard InChI is InChI=1S/C33H46N4O6/c1-7-8-15-36(26-11-9-10-24(17-26)21-37(4,5)6)31(39)20-35-19-27(25-12-13-29-30(18-25)43-22-42-29)32(33(40)41)28(35)14-16-34(3)23(2)38/h9-13,17-18,27-28,32H,7-8,14-16,19-22H2,1-6H3/p+1/t27-,28+,32-/m1/s1. The van der Waals surface area contributed by atoms with Gasteiger partial charge < -0.3 is 28.9 Å². The van der Waals surface area contributed by atoms with Gasteiger partial charge in [0.05, 0.1) is 33.6 Å². The summed E-state index contributed by atoms with van der Waals surface area (Å²) in [6.45, 7) is 6.04. The van der Waals surface area contributed by atoms with E-state index in [9.17, 15) is 19.5 Å². The number of likely N-dealkylation sites (tertiary alicyclic amines) is 1. The zero-order valence-corrected chi connectivity index (χ0v) is 26.4. The molecular formula is C33H47N4O6+. The summed E-state index contributed by atoms with van der Waals surface area (Å²) in [7, 11) is 8.13. The van der Waals surface area contributed by atoms with Gasteiger partial charge in [-0.05, 0) is 42.7 Å². The molecule has 3 atom stereocenters. The Labute approximate surface area is 255 Å². The van der Waals surface area contributed by atoms with Crippen molar-refractivity contribution in [2.24, 2.45) is 5.92 Å². The van der Waals surface area contributed by atoms with Crippen LogP contribution in [0.25, 0.3) is 0 Å². The third-order valence-electron chi connectivity index (χ3n) is 8.41. The first-order valence-electron chi connectivity index (χ1n) is 15.2. The summed E-state index contributed by atoms with van der Waals surface area (Å²) in [4.78, 5) is 44.4. The van der Waals surface area contributed by atoms with Crippen LogP contribution in [0.2, 0.25) is 0 Å². The van der Waals surface area contributed by atoms with E-state index < -0.39 is 17.9 Å². The fourth-order valence-corrected chi connectivity index (χ4v) is 6.16. The first kappa shape index (κ1) is 32.3. The van der Waals surface area contributed by atoms with E-state index in [1.807, 2.05) is 40.1 Å². The molecule has 10 heteroatoms. The van der Waals surface area contributed by atoms with Crippen molar-refractivity contribution in [3.8, 4) is 11.5 Å². The van der Waals surface area contributed by atoms with Gasteiger partial charge in [-0.2, -0.15) is 0 Å². The Balaban J connectivity index is 1.64. The van der Waals surface area contributed by atoms with Crippen molar-refractivity contribution in [2.45, 2.75) is 51.6 Å². The van der Waals surface area contributed by atoms with Crippen LogP contribution in [0.4, 0.5) is 5.69 Å². The summed E-state index contributed by atoms with van der Waals surface area (Å²) in [5, 5.41) is 10.5. The number of benzene rings is 2. The smallest absolute Gasteiger partial charge is 0.308 e. The van der Waals surface area contributed by atoms with Crippen molar-refractivity contribution in [2.75, 3.05) is 66.1 Å². The first-order valence-corrected chi connectivity index (χ1v) is 15.2. The molecule has 43 heavy (non-hydrogen) atoms. The summed E-state index contributed by atoms with van der Waals surface area (Å²) in [5.41, 5.74) is 2.85. The minimum Gasteiger partial charge on any atom is -0.481 e. The molecule has 2 heterocycles. The Bertz CT molecular complexity index is 1310. The molecule has 1 saturated heterocycles. The van der Waals surface area contributed by atoms with Gasteiger partial charge in [-0.25, -0.2) is 0 Å². The van der Waals surface area contributed by atoms with Gasteiger partial charge >= 0.3 is 5.97 Å². The Hall–Kier alpha value is -3.63. The second-order valence-electron chi connectivity index (χ2n) is 12.8. The average Bonchev–Trinajstić information content (AvgIpc) is 3.55. The molecule has 0 aliphatic carbocycles. The molecule has 1 fully saturated rings. The van der Waals surface area contributed by atoms with Crippen molar-refractivity contribution < 1.29 is 33.4 Å². The van der Waals surface area contributed by atoms with Crippen LogP contribution in [0, 0.1) is 5.92 Å². The molecule has 2 aliphatic rings. The molecule has 0 bridgehead atoms. The zero-order valence-electron chi connectivity index (χ0n) is 26.4. The van der Waals surface area contributed by atoms with Crippen molar-refractivity contribution in [3.05, 3.63) is 53.6 Å². The van der Waals surface area contributed by atoms with E-state index in [1.54, 1.807) is 11.9 Å². The van der Waals surface area contributed by atoms with Crippen molar-refractivity contribution in [1.82, 2.24) is 9.80 Å². The van der Waals surface area contributed by atoms with Crippen LogP contribution in [0.5, 0.6) is 11.5 Å². The van der Waals surface area contributed by atoms with Crippen LogP contribution in [-0.4, -0.2) is 104 Å². The minimum atomic E-state index is -0.913. The second kappa shape index (κ2) is 13.8. The molecule has 0 aromatic heterocycles. The highest BCUT2D eigenvalue weighted by Crippen LogP contribution is 2.42. The molecule has 2 aromatic rings. The van der Waals surface area contributed by atoms with Gasteiger partial charge in [0.25, 0.3) is 0 Å². The molecule has 10 nitrogen and oxygen atoms in total. The molecule has 1 N–H and O–H groups in total. The molecule has 234 valence electrons. The number of nitrogens with zero attached hydrogens (tertiary/aromatic N) is 4. The van der Waals surface area contributed by atoms with Crippen LogP contribution in [0.3, 0.4) is 0 Å². The number of rotatable bonds is 13. The van der Waals surface area contributed by atoms with E-state index in [4.69, 9.17) is 9.47 Å². The van der Waals surface area contributed by atoms with Crippen LogP contribution >= 0.6 is 0 Å². The van der Waals surface area contributed by atoms with E-state index in [1.165, 1.54) is 6.92 Å². The van der Waals surface area contributed by atoms with E-state index in [0.717, 1.165) is 40.7 Å². The monoisotopic (exact) mass is 595 g/mol. The third kappa shape index (κ3) is 8.06. The van der Waals surface area contributed by atoms with Crippen LogP contribution in [-0.2, 0) is 20.9 Å². The zero-order chi connectivity index (χ0) is 31.3. The number of anilines is 1. The summed E-state index contributed by atoms with van der Waals surface area (Å²) in [6.07, 6.45) is 2.24. The van der Waals surface area contributed by atoms with Gasteiger partial charge in [-0.3, -0.25) is 19.3 Å². The van der Waals surface area contributed by atoms with E-state index in [0.29, 0.717) is 37.6 Å². The highest BCUT2D eigenvalue weighted by Gasteiger charge is 2.47. The van der Waals surface area contributed by atoms with Crippen LogP contribution in [0.15, 0.2) is 42.5 Å². The normalized spacial score (nSPS) is 19.8. The fourth-order valence-electron chi connectivity index (χ4n) is 6.16. The maximum absolute atomic E-state index is 14.1. The summed E-state index contributed by atoms with van der Waals surface area (Å²) < 4.78 is 11.8. The maximum Gasteiger partial charge on any atom is 0.308 e. The van der Waals surface area contributed by atoms with Gasteiger partial charge in [0.15, 0.2) is 11.5 Å². The molecule has 0 saturated carbocycles. The lowest BCUT2D eigenvalue weighted by atomic mass is 9.84. The number of carbonyl (C=O) groups is 3. The van der Waals surface area contributed by atoms with Gasteiger partial charge in [-0.15, -0.1) is 0 Å². The molecule has 2 aliphatic heterocycles. The van der Waals surface area contributed by atoms with Crippen molar-refractivity contribution >= 4 is 23.5 Å². The highest BCUT2D eigenvalue weighted by atomic mass is 16.7.